The van der Waals surface area contributed by atoms with Crippen molar-refractivity contribution in [1.82, 2.24) is 0 Å². The van der Waals surface area contributed by atoms with Gasteiger partial charge in [-0.25, -0.2) is 4.79 Å². The first-order valence-electron chi connectivity index (χ1n) is 5.00. The number of methoxy groups -OCH3 is 1. The summed E-state index contributed by atoms with van der Waals surface area (Å²) in [7, 11) is 1.30. The Morgan fingerprint density at radius 2 is 2.25 bits per heavy atom. The van der Waals surface area contributed by atoms with E-state index < -0.39 is 5.97 Å². The molecule has 0 aliphatic heterocycles. The molecule has 0 radical (unpaired) electrons. The molecule has 0 aliphatic carbocycles. The summed E-state index contributed by atoms with van der Waals surface area (Å²) in [5.41, 5.74) is 1.67. The lowest BCUT2D eigenvalue weighted by Gasteiger charge is -2.05. The van der Waals surface area contributed by atoms with Crippen molar-refractivity contribution < 1.29 is 14.3 Å². The van der Waals surface area contributed by atoms with E-state index in [1.807, 2.05) is 12.1 Å². The van der Waals surface area contributed by atoms with Gasteiger partial charge in [0.15, 0.2) is 6.29 Å². The molecule has 0 unspecified atom stereocenters. The van der Waals surface area contributed by atoms with Gasteiger partial charge in [-0.05, 0) is 24.5 Å². The number of aryl methyl sites for hydroxylation is 1. The fraction of sp³-hybridized carbons (Fsp3) is 0.231. The molecule has 3 heteroatoms. The normalized spacial score (nSPS) is 9.56. The Morgan fingerprint density at radius 1 is 1.50 bits per heavy atom. The first kappa shape index (κ1) is 12.2. The van der Waals surface area contributed by atoms with Gasteiger partial charge >= 0.3 is 5.97 Å². The molecule has 3 nitrogen and oxygen atoms in total. The highest BCUT2D eigenvalue weighted by Crippen LogP contribution is 2.13. The fourth-order valence-corrected chi connectivity index (χ4v) is 1.42. The molecule has 16 heavy (non-hydrogen) atoms. The molecule has 0 aliphatic rings. The number of allylic oxidation sites excluding steroid dienone is 1. The van der Waals surface area contributed by atoms with Gasteiger partial charge in [0.25, 0.3) is 0 Å². The molecule has 1 aromatic carbocycles. The Bertz CT molecular complexity index is 408. The Balaban J connectivity index is 3.05. The van der Waals surface area contributed by atoms with Crippen LogP contribution in [0.4, 0.5) is 0 Å². The van der Waals surface area contributed by atoms with Crippen molar-refractivity contribution in [2.24, 2.45) is 0 Å². The Morgan fingerprint density at radius 3 is 2.81 bits per heavy atom. The first-order chi connectivity index (χ1) is 7.72. The van der Waals surface area contributed by atoms with Crippen LogP contribution in [0.1, 0.15) is 32.7 Å². The minimum absolute atomic E-state index is 0.319. The number of esters is 1. The maximum atomic E-state index is 11.4. The number of carbonyl (C=O) groups is 2. The smallest absolute Gasteiger partial charge is 0.338 e. The Hall–Kier alpha value is -1.90. The van der Waals surface area contributed by atoms with Crippen molar-refractivity contribution in [2.45, 2.75) is 12.8 Å². The predicted molar refractivity (Wildman–Crippen MR) is 61.7 cm³/mol. The van der Waals surface area contributed by atoms with Crippen molar-refractivity contribution in [2.75, 3.05) is 7.11 Å². The molecule has 1 aromatic rings. The first-order valence-corrected chi connectivity index (χ1v) is 5.00. The number of hydrogen-bond donors (Lipinski definition) is 0. The molecule has 84 valence electrons. The summed E-state index contributed by atoms with van der Waals surface area (Å²) >= 11 is 0. The molecular weight excluding hydrogens is 204 g/mol. The van der Waals surface area contributed by atoms with Crippen molar-refractivity contribution in [3.8, 4) is 0 Å². The van der Waals surface area contributed by atoms with Crippen LogP contribution in [-0.2, 0) is 11.2 Å². The number of benzene rings is 1. The van der Waals surface area contributed by atoms with Gasteiger partial charge in [-0.3, -0.25) is 4.79 Å². The van der Waals surface area contributed by atoms with E-state index in [9.17, 15) is 9.59 Å². The van der Waals surface area contributed by atoms with Gasteiger partial charge in [0.1, 0.15) is 0 Å². The van der Waals surface area contributed by atoms with Gasteiger partial charge in [0, 0.05) is 5.56 Å². The molecule has 1 rings (SSSR count). The molecule has 0 fully saturated rings. The van der Waals surface area contributed by atoms with Crippen LogP contribution < -0.4 is 0 Å². The summed E-state index contributed by atoms with van der Waals surface area (Å²) < 4.78 is 4.62. The third-order valence-electron chi connectivity index (χ3n) is 2.29. The van der Waals surface area contributed by atoms with E-state index in [1.165, 1.54) is 7.11 Å². The number of ether oxygens (including phenoxy) is 1. The molecule has 0 bridgehead atoms. The minimum Gasteiger partial charge on any atom is -0.465 e. The topological polar surface area (TPSA) is 43.4 Å². The number of rotatable bonds is 5. The van der Waals surface area contributed by atoms with E-state index in [-0.39, 0.29) is 0 Å². The van der Waals surface area contributed by atoms with E-state index in [0.29, 0.717) is 17.4 Å². The summed E-state index contributed by atoms with van der Waals surface area (Å²) in [5, 5.41) is 0. The molecule has 0 heterocycles. The molecule has 0 atom stereocenters. The molecule has 0 spiro atoms. The maximum absolute atomic E-state index is 11.4. The summed E-state index contributed by atoms with van der Waals surface area (Å²) in [6.07, 6.45) is 4.10. The predicted octanol–water partition coefficient (Wildman–Crippen LogP) is 2.40. The molecule has 0 N–H and O–H groups in total. The van der Waals surface area contributed by atoms with Gasteiger partial charge in [-0.2, -0.15) is 0 Å². The largest absolute Gasteiger partial charge is 0.465 e. The number of carbonyl (C=O) groups excluding carboxylic acids is 2. The molecule has 0 amide bonds. The lowest BCUT2D eigenvalue weighted by molar-refractivity contribution is 0.0598. The quantitative estimate of drug-likeness (QED) is 0.433. The third-order valence-corrected chi connectivity index (χ3v) is 2.29. The van der Waals surface area contributed by atoms with Crippen LogP contribution in [0.15, 0.2) is 30.9 Å². The average molecular weight is 218 g/mol. The van der Waals surface area contributed by atoms with Crippen LogP contribution in [0, 0.1) is 0 Å². The lowest BCUT2D eigenvalue weighted by Crippen LogP contribution is -2.06. The zero-order valence-electron chi connectivity index (χ0n) is 9.23. The van der Waals surface area contributed by atoms with Crippen LogP contribution in [0.5, 0.6) is 0 Å². The highest BCUT2D eigenvalue weighted by molar-refractivity contribution is 5.98. The third kappa shape index (κ3) is 2.79. The second-order valence-corrected chi connectivity index (χ2v) is 3.36. The maximum Gasteiger partial charge on any atom is 0.338 e. The summed E-state index contributed by atoms with van der Waals surface area (Å²) in [5.74, 6) is -0.484. The zero-order chi connectivity index (χ0) is 12.0. The van der Waals surface area contributed by atoms with E-state index in [0.717, 1.165) is 18.4 Å². The standard InChI is InChI=1S/C13H14O3/c1-3-4-5-10-6-7-11(9-14)12(8-10)13(15)16-2/h3,6-9H,1,4-5H2,2H3. The monoisotopic (exact) mass is 218 g/mol. The average Bonchev–Trinajstić information content (AvgIpc) is 2.35. The molecule has 0 saturated carbocycles. The van der Waals surface area contributed by atoms with E-state index in [4.69, 9.17) is 0 Å². The summed E-state index contributed by atoms with van der Waals surface area (Å²) in [4.78, 5) is 22.2. The summed E-state index contributed by atoms with van der Waals surface area (Å²) in [6.45, 7) is 3.64. The second kappa shape index (κ2) is 5.85. The van der Waals surface area contributed by atoms with Gasteiger partial charge in [0.2, 0.25) is 0 Å². The van der Waals surface area contributed by atoms with Crippen LogP contribution in [0.25, 0.3) is 0 Å². The van der Waals surface area contributed by atoms with Crippen molar-refractivity contribution in [3.05, 3.63) is 47.5 Å². The van der Waals surface area contributed by atoms with Crippen LogP contribution in [-0.4, -0.2) is 19.4 Å². The Kier molecular flexibility index (Phi) is 4.45. The Labute approximate surface area is 94.7 Å². The van der Waals surface area contributed by atoms with Gasteiger partial charge < -0.3 is 4.74 Å². The van der Waals surface area contributed by atoms with Crippen LogP contribution in [0.3, 0.4) is 0 Å². The molecule has 0 saturated heterocycles. The highest BCUT2D eigenvalue weighted by Gasteiger charge is 2.11. The van der Waals surface area contributed by atoms with E-state index in [2.05, 4.69) is 11.3 Å². The molecule has 0 aromatic heterocycles. The fourth-order valence-electron chi connectivity index (χ4n) is 1.42. The van der Waals surface area contributed by atoms with Crippen molar-refractivity contribution in [1.29, 1.82) is 0 Å². The van der Waals surface area contributed by atoms with Crippen molar-refractivity contribution in [3.63, 3.8) is 0 Å². The SMILES string of the molecule is C=CCCc1ccc(C=O)c(C(=O)OC)c1. The van der Waals surface area contributed by atoms with E-state index in [1.54, 1.807) is 12.1 Å². The second-order valence-electron chi connectivity index (χ2n) is 3.36. The zero-order valence-corrected chi connectivity index (χ0v) is 9.23. The minimum atomic E-state index is -0.484. The summed E-state index contributed by atoms with van der Waals surface area (Å²) in [6, 6.07) is 5.16. The van der Waals surface area contributed by atoms with Crippen LogP contribution in [0.2, 0.25) is 0 Å². The van der Waals surface area contributed by atoms with E-state index >= 15 is 0 Å². The van der Waals surface area contributed by atoms with Gasteiger partial charge in [-0.1, -0.05) is 18.2 Å². The van der Waals surface area contributed by atoms with Gasteiger partial charge in [0.05, 0.1) is 12.7 Å². The van der Waals surface area contributed by atoms with Crippen LogP contribution >= 0.6 is 0 Å². The lowest BCUT2D eigenvalue weighted by atomic mass is 10.0. The molecular formula is C13H14O3. The highest BCUT2D eigenvalue weighted by atomic mass is 16.5. The van der Waals surface area contributed by atoms with Crippen molar-refractivity contribution >= 4 is 12.3 Å². The number of hydrogen-bond acceptors (Lipinski definition) is 3. The van der Waals surface area contributed by atoms with Gasteiger partial charge in [-0.15, -0.1) is 6.58 Å². The number of aldehydes is 1.